The Bertz CT molecular complexity index is 684. The highest BCUT2D eigenvalue weighted by Crippen LogP contribution is 2.27. The zero-order valence-corrected chi connectivity index (χ0v) is 12.4. The summed E-state index contributed by atoms with van der Waals surface area (Å²) in [5, 5.41) is 0. The van der Waals surface area contributed by atoms with E-state index in [0.717, 1.165) is 4.47 Å². The first-order chi connectivity index (χ1) is 9.45. The van der Waals surface area contributed by atoms with Crippen LogP contribution in [0.1, 0.15) is 21.5 Å². The largest absolute Gasteiger partial charge is 0.496 e. The molecule has 0 atom stereocenters. The molecule has 2 aromatic rings. The van der Waals surface area contributed by atoms with E-state index >= 15 is 0 Å². The van der Waals surface area contributed by atoms with Crippen LogP contribution in [-0.2, 0) is 0 Å². The predicted octanol–water partition coefficient (Wildman–Crippen LogP) is 4.28. The molecule has 0 spiro atoms. The molecule has 2 nitrogen and oxygen atoms in total. The Morgan fingerprint density at radius 2 is 1.75 bits per heavy atom. The van der Waals surface area contributed by atoms with Gasteiger partial charge in [0.15, 0.2) is 17.4 Å². The summed E-state index contributed by atoms with van der Waals surface area (Å²) in [6, 6.07) is 7.38. The topological polar surface area (TPSA) is 26.3 Å². The first-order valence-electron chi connectivity index (χ1n) is 5.78. The lowest BCUT2D eigenvalue weighted by Crippen LogP contribution is -2.08. The highest BCUT2D eigenvalue weighted by molar-refractivity contribution is 9.10. The molecular formula is C15H11BrF2O2. The van der Waals surface area contributed by atoms with Crippen molar-refractivity contribution in [3.8, 4) is 5.75 Å². The van der Waals surface area contributed by atoms with Crippen molar-refractivity contribution in [1.82, 2.24) is 0 Å². The van der Waals surface area contributed by atoms with Gasteiger partial charge in [0.2, 0.25) is 0 Å². The maximum Gasteiger partial charge on any atom is 0.199 e. The molecule has 0 bridgehead atoms. The molecule has 0 radical (unpaired) electrons. The van der Waals surface area contributed by atoms with Gasteiger partial charge >= 0.3 is 0 Å². The Labute approximate surface area is 123 Å². The Hall–Kier alpha value is -1.75. The van der Waals surface area contributed by atoms with Crippen LogP contribution in [0.25, 0.3) is 0 Å². The summed E-state index contributed by atoms with van der Waals surface area (Å²) < 4.78 is 33.2. The zero-order valence-electron chi connectivity index (χ0n) is 10.8. The lowest BCUT2D eigenvalue weighted by atomic mass is 10.0. The van der Waals surface area contributed by atoms with Crippen LogP contribution in [0.15, 0.2) is 34.8 Å². The van der Waals surface area contributed by atoms with Gasteiger partial charge in [-0.2, -0.15) is 0 Å². The average molecular weight is 341 g/mol. The average Bonchev–Trinajstić information content (AvgIpc) is 2.44. The number of benzene rings is 2. The number of carbonyl (C=O) groups is 1. The second-order valence-electron chi connectivity index (χ2n) is 4.23. The van der Waals surface area contributed by atoms with Crippen molar-refractivity contribution in [1.29, 1.82) is 0 Å². The van der Waals surface area contributed by atoms with Gasteiger partial charge in [0.1, 0.15) is 5.75 Å². The summed E-state index contributed by atoms with van der Waals surface area (Å²) in [5.41, 5.74) is 0.0217. The summed E-state index contributed by atoms with van der Waals surface area (Å²) in [6.45, 7) is 1.44. The Morgan fingerprint density at radius 1 is 1.10 bits per heavy atom. The number of methoxy groups -OCH3 is 1. The molecule has 0 aliphatic carbocycles. The number of halogens is 3. The molecule has 2 aromatic carbocycles. The van der Waals surface area contributed by atoms with Crippen LogP contribution < -0.4 is 4.74 Å². The van der Waals surface area contributed by atoms with Crippen molar-refractivity contribution < 1.29 is 18.3 Å². The molecule has 0 aromatic heterocycles. The first kappa shape index (κ1) is 14.7. The van der Waals surface area contributed by atoms with Crippen LogP contribution in [0.3, 0.4) is 0 Å². The molecule has 0 amide bonds. The molecule has 104 valence electrons. The van der Waals surface area contributed by atoms with Gasteiger partial charge in [-0.25, -0.2) is 8.78 Å². The van der Waals surface area contributed by atoms with Crippen LogP contribution in [0.4, 0.5) is 8.78 Å². The highest BCUT2D eigenvalue weighted by atomic mass is 79.9. The van der Waals surface area contributed by atoms with Crippen LogP contribution in [0, 0.1) is 18.6 Å². The molecule has 0 heterocycles. The minimum atomic E-state index is -1.14. The van der Waals surface area contributed by atoms with E-state index in [2.05, 4.69) is 15.9 Å². The van der Waals surface area contributed by atoms with Gasteiger partial charge in [0.05, 0.1) is 18.2 Å². The molecule has 2 rings (SSSR count). The number of rotatable bonds is 3. The van der Waals surface area contributed by atoms with E-state index in [4.69, 9.17) is 4.74 Å². The number of ketones is 1. The molecule has 0 unspecified atom stereocenters. The van der Waals surface area contributed by atoms with Gasteiger partial charge in [0.25, 0.3) is 0 Å². The number of aryl methyl sites for hydroxylation is 1. The van der Waals surface area contributed by atoms with Gasteiger partial charge in [-0.3, -0.25) is 4.79 Å². The van der Waals surface area contributed by atoms with Crippen LogP contribution in [0.2, 0.25) is 0 Å². The highest BCUT2D eigenvalue weighted by Gasteiger charge is 2.21. The molecule has 0 aliphatic rings. The third kappa shape index (κ3) is 2.58. The van der Waals surface area contributed by atoms with Crippen molar-refractivity contribution in [2.45, 2.75) is 6.92 Å². The van der Waals surface area contributed by atoms with Crippen molar-refractivity contribution in [3.05, 3.63) is 63.1 Å². The second-order valence-corrected chi connectivity index (χ2v) is 5.15. The number of ether oxygens (including phenoxy) is 1. The fraction of sp³-hybridized carbons (Fsp3) is 0.133. The summed E-state index contributed by atoms with van der Waals surface area (Å²) in [7, 11) is 1.41. The number of hydrogen-bond acceptors (Lipinski definition) is 2. The van der Waals surface area contributed by atoms with Gasteiger partial charge in [-0.15, -0.1) is 0 Å². The van der Waals surface area contributed by atoms with Crippen molar-refractivity contribution in [2.75, 3.05) is 7.11 Å². The molecule has 0 saturated heterocycles. The molecular weight excluding hydrogens is 330 g/mol. The Kier molecular flexibility index (Phi) is 4.18. The van der Waals surface area contributed by atoms with E-state index in [1.165, 1.54) is 32.2 Å². The summed E-state index contributed by atoms with van der Waals surface area (Å²) in [6.07, 6.45) is 0. The van der Waals surface area contributed by atoms with E-state index in [-0.39, 0.29) is 16.7 Å². The van der Waals surface area contributed by atoms with E-state index in [1.54, 1.807) is 12.1 Å². The van der Waals surface area contributed by atoms with Crippen molar-refractivity contribution in [3.63, 3.8) is 0 Å². The SMILES string of the molecule is COc1cc(Br)ccc1C(=O)c1ccc(C)c(F)c1F. The van der Waals surface area contributed by atoms with E-state index < -0.39 is 17.4 Å². The lowest BCUT2D eigenvalue weighted by Gasteiger charge is -2.09. The van der Waals surface area contributed by atoms with Gasteiger partial charge in [0, 0.05) is 4.47 Å². The van der Waals surface area contributed by atoms with Gasteiger partial charge in [-0.1, -0.05) is 22.0 Å². The molecule has 0 N–H and O–H groups in total. The molecule has 5 heteroatoms. The van der Waals surface area contributed by atoms with E-state index in [1.807, 2.05) is 0 Å². The third-order valence-electron chi connectivity index (χ3n) is 2.93. The maximum absolute atomic E-state index is 13.9. The normalized spacial score (nSPS) is 10.4. The first-order valence-corrected chi connectivity index (χ1v) is 6.58. The van der Waals surface area contributed by atoms with Crippen LogP contribution in [0.5, 0.6) is 5.75 Å². The summed E-state index contributed by atoms with van der Waals surface area (Å²) in [4.78, 5) is 12.3. The van der Waals surface area contributed by atoms with E-state index in [0.29, 0.717) is 5.75 Å². The van der Waals surface area contributed by atoms with E-state index in [9.17, 15) is 13.6 Å². The smallest absolute Gasteiger partial charge is 0.199 e. The quantitative estimate of drug-likeness (QED) is 0.779. The summed E-state index contributed by atoms with van der Waals surface area (Å²) >= 11 is 3.25. The Balaban J connectivity index is 2.55. The van der Waals surface area contributed by atoms with Crippen LogP contribution >= 0.6 is 15.9 Å². The number of hydrogen-bond donors (Lipinski definition) is 0. The fourth-order valence-corrected chi connectivity index (χ4v) is 2.16. The zero-order chi connectivity index (χ0) is 14.9. The third-order valence-corrected chi connectivity index (χ3v) is 3.42. The lowest BCUT2D eigenvalue weighted by molar-refractivity contribution is 0.103. The molecule has 0 aliphatic heterocycles. The second kappa shape index (κ2) is 5.71. The van der Waals surface area contributed by atoms with Crippen molar-refractivity contribution in [2.24, 2.45) is 0 Å². The van der Waals surface area contributed by atoms with Gasteiger partial charge in [-0.05, 0) is 36.8 Å². The predicted molar refractivity (Wildman–Crippen MR) is 75.2 cm³/mol. The summed E-state index contributed by atoms with van der Waals surface area (Å²) in [5.74, 6) is -2.47. The van der Waals surface area contributed by atoms with Crippen molar-refractivity contribution >= 4 is 21.7 Å². The molecule has 0 fully saturated rings. The minimum Gasteiger partial charge on any atom is -0.496 e. The van der Waals surface area contributed by atoms with Gasteiger partial charge < -0.3 is 4.74 Å². The van der Waals surface area contributed by atoms with Crippen LogP contribution in [-0.4, -0.2) is 12.9 Å². The monoisotopic (exact) mass is 340 g/mol. The Morgan fingerprint density at radius 3 is 2.40 bits per heavy atom. The molecule has 0 saturated carbocycles. The molecule has 20 heavy (non-hydrogen) atoms. The minimum absolute atomic E-state index is 0.154. The fourth-order valence-electron chi connectivity index (χ4n) is 1.82. The number of carbonyl (C=O) groups excluding carboxylic acids is 1. The maximum atomic E-state index is 13.9. The standard InChI is InChI=1S/C15H11BrF2O2/c1-8-3-5-11(14(18)13(8)17)15(19)10-6-4-9(16)7-12(10)20-2/h3-7H,1-2H3.